The van der Waals surface area contributed by atoms with Crippen LogP contribution in [0.1, 0.15) is 21.5 Å². The summed E-state index contributed by atoms with van der Waals surface area (Å²) < 4.78 is 25.9. The summed E-state index contributed by atoms with van der Waals surface area (Å²) in [6.45, 7) is 1.77. The van der Waals surface area contributed by atoms with Crippen LogP contribution in [0.25, 0.3) is 0 Å². The third-order valence-electron chi connectivity index (χ3n) is 2.62. The second kappa shape index (κ2) is 4.86. The monoisotopic (exact) mass is 266 g/mol. The number of rotatable bonds is 2. The smallest absolute Gasteiger partial charge is 0.194 e. The normalized spacial score (nSPS) is 10.4. The van der Waals surface area contributed by atoms with Gasteiger partial charge in [0.1, 0.15) is 0 Å². The van der Waals surface area contributed by atoms with E-state index in [0.29, 0.717) is 5.02 Å². The molecule has 1 nitrogen and oxygen atoms in total. The van der Waals surface area contributed by atoms with Crippen LogP contribution >= 0.6 is 11.6 Å². The average Bonchev–Trinajstić information content (AvgIpc) is 2.35. The molecule has 0 heterocycles. The molecule has 0 aliphatic heterocycles. The van der Waals surface area contributed by atoms with Crippen molar-refractivity contribution < 1.29 is 13.6 Å². The fourth-order valence-corrected chi connectivity index (χ4v) is 1.83. The number of carbonyl (C=O) groups is 1. The molecule has 0 spiro atoms. The largest absolute Gasteiger partial charge is 0.289 e. The molecule has 0 fully saturated rings. The van der Waals surface area contributed by atoms with Crippen molar-refractivity contribution in [3.05, 3.63) is 69.7 Å². The van der Waals surface area contributed by atoms with E-state index in [1.54, 1.807) is 25.1 Å². The summed E-state index contributed by atoms with van der Waals surface area (Å²) in [5.74, 6) is -2.46. The van der Waals surface area contributed by atoms with Gasteiger partial charge in [0.05, 0.1) is 5.02 Å². The van der Waals surface area contributed by atoms with E-state index in [2.05, 4.69) is 0 Å². The molecule has 2 rings (SSSR count). The van der Waals surface area contributed by atoms with Crippen molar-refractivity contribution in [3.8, 4) is 0 Å². The zero-order valence-corrected chi connectivity index (χ0v) is 10.3. The van der Waals surface area contributed by atoms with Crippen LogP contribution in [-0.4, -0.2) is 5.78 Å². The molecule has 0 bridgehead atoms. The van der Waals surface area contributed by atoms with E-state index in [9.17, 15) is 13.6 Å². The molecule has 0 N–H and O–H groups in total. The van der Waals surface area contributed by atoms with Crippen molar-refractivity contribution >= 4 is 17.4 Å². The first kappa shape index (κ1) is 12.7. The molecule has 18 heavy (non-hydrogen) atoms. The van der Waals surface area contributed by atoms with Gasteiger partial charge in [-0.3, -0.25) is 4.79 Å². The van der Waals surface area contributed by atoms with Gasteiger partial charge < -0.3 is 0 Å². The van der Waals surface area contributed by atoms with Gasteiger partial charge in [-0.1, -0.05) is 23.7 Å². The van der Waals surface area contributed by atoms with Crippen LogP contribution in [0.3, 0.4) is 0 Å². The maximum absolute atomic E-state index is 13.1. The summed E-state index contributed by atoms with van der Waals surface area (Å²) in [6.07, 6.45) is 0. The van der Waals surface area contributed by atoms with E-state index in [1.807, 2.05) is 0 Å². The van der Waals surface area contributed by atoms with Gasteiger partial charge in [0.25, 0.3) is 0 Å². The van der Waals surface area contributed by atoms with Crippen molar-refractivity contribution in [2.24, 2.45) is 0 Å². The van der Waals surface area contributed by atoms with Gasteiger partial charge in [-0.05, 0) is 36.8 Å². The molecule has 92 valence electrons. The van der Waals surface area contributed by atoms with Crippen molar-refractivity contribution in [1.29, 1.82) is 0 Å². The SMILES string of the molecule is Cc1cccc(C(=O)c2ccc(F)c(F)c2)c1Cl. The third-order valence-corrected chi connectivity index (χ3v) is 3.12. The molecule has 2 aromatic carbocycles. The maximum Gasteiger partial charge on any atom is 0.194 e. The molecule has 0 radical (unpaired) electrons. The van der Waals surface area contributed by atoms with Gasteiger partial charge in [-0.25, -0.2) is 8.78 Å². The Hall–Kier alpha value is -1.74. The van der Waals surface area contributed by atoms with Gasteiger partial charge in [0.2, 0.25) is 0 Å². The van der Waals surface area contributed by atoms with E-state index >= 15 is 0 Å². The molecule has 0 aliphatic rings. The highest BCUT2D eigenvalue weighted by molar-refractivity contribution is 6.35. The number of carbonyl (C=O) groups excluding carboxylic acids is 1. The first-order chi connectivity index (χ1) is 8.50. The Morgan fingerprint density at radius 1 is 1.11 bits per heavy atom. The van der Waals surface area contributed by atoms with E-state index in [1.165, 1.54) is 6.07 Å². The minimum Gasteiger partial charge on any atom is -0.289 e. The topological polar surface area (TPSA) is 17.1 Å². The maximum atomic E-state index is 13.1. The Morgan fingerprint density at radius 2 is 1.83 bits per heavy atom. The molecule has 0 unspecified atom stereocenters. The molecule has 0 atom stereocenters. The van der Waals surface area contributed by atoms with E-state index in [0.717, 1.165) is 17.7 Å². The number of halogens is 3. The molecule has 0 saturated carbocycles. The second-order valence-corrected chi connectivity index (χ2v) is 4.27. The quantitative estimate of drug-likeness (QED) is 0.746. The summed E-state index contributed by atoms with van der Waals surface area (Å²) in [5.41, 5.74) is 1.11. The summed E-state index contributed by atoms with van der Waals surface area (Å²) in [4.78, 5) is 12.1. The highest BCUT2D eigenvalue weighted by Crippen LogP contribution is 2.23. The van der Waals surface area contributed by atoms with Gasteiger partial charge in [-0.2, -0.15) is 0 Å². The van der Waals surface area contributed by atoms with Crippen molar-refractivity contribution in [1.82, 2.24) is 0 Å². The van der Waals surface area contributed by atoms with Crippen LogP contribution in [0.2, 0.25) is 5.02 Å². The number of hydrogen-bond acceptors (Lipinski definition) is 1. The summed E-state index contributed by atoms with van der Waals surface area (Å²) in [5, 5.41) is 0.326. The Kier molecular flexibility index (Phi) is 3.43. The molecule has 0 aromatic heterocycles. The van der Waals surface area contributed by atoms with E-state index in [-0.39, 0.29) is 11.1 Å². The Balaban J connectivity index is 2.48. The molecule has 0 aliphatic carbocycles. The average molecular weight is 267 g/mol. The fraction of sp³-hybridized carbons (Fsp3) is 0.0714. The summed E-state index contributed by atoms with van der Waals surface area (Å²) in [7, 11) is 0. The minimum atomic E-state index is -1.05. The van der Waals surface area contributed by atoms with Crippen LogP contribution in [0, 0.1) is 18.6 Å². The Labute approximate surface area is 108 Å². The zero-order valence-electron chi connectivity index (χ0n) is 9.51. The number of benzene rings is 2. The lowest BCUT2D eigenvalue weighted by molar-refractivity contribution is 0.103. The fourth-order valence-electron chi connectivity index (χ4n) is 1.62. The first-order valence-corrected chi connectivity index (χ1v) is 5.63. The minimum absolute atomic E-state index is 0.0707. The van der Waals surface area contributed by atoms with Crippen LogP contribution in [-0.2, 0) is 0 Å². The van der Waals surface area contributed by atoms with Crippen molar-refractivity contribution in [2.45, 2.75) is 6.92 Å². The van der Waals surface area contributed by atoms with Crippen LogP contribution in [0.15, 0.2) is 36.4 Å². The third kappa shape index (κ3) is 2.27. The molecule has 0 saturated heterocycles. The summed E-state index contributed by atoms with van der Waals surface area (Å²) >= 11 is 6.02. The lowest BCUT2D eigenvalue weighted by Crippen LogP contribution is -2.04. The molecular formula is C14H9ClF2O. The van der Waals surface area contributed by atoms with E-state index in [4.69, 9.17) is 11.6 Å². The van der Waals surface area contributed by atoms with Crippen LogP contribution < -0.4 is 0 Å². The van der Waals surface area contributed by atoms with Crippen LogP contribution in [0.5, 0.6) is 0 Å². The molecule has 4 heteroatoms. The first-order valence-electron chi connectivity index (χ1n) is 5.25. The second-order valence-electron chi connectivity index (χ2n) is 3.89. The van der Waals surface area contributed by atoms with Crippen molar-refractivity contribution in [3.63, 3.8) is 0 Å². The molecule has 2 aromatic rings. The lowest BCUT2D eigenvalue weighted by Gasteiger charge is -2.06. The van der Waals surface area contributed by atoms with Gasteiger partial charge in [0, 0.05) is 11.1 Å². The predicted octanol–water partition coefficient (Wildman–Crippen LogP) is 4.16. The number of hydrogen-bond donors (Lipinski definition) is 0. The highest BCUT2D eigenvalue weighted by atomic mass is 35.5. The zero-order chi connectivity index (χ0) is 13.3. The predicted molar refractivity (Wildman–Crippen MR) is 66.0 cm³/mol. The summed E-state index contributed by atoms with van der Waals surface area (Å²) in [6, 6.07) is 8.04. The molecular weight excluding hydrogens is 258 g/mol. The Morgan fingerprint density at radius 3 is 2.50 bits per heavy atom. The van der Waals surface area contributed by atoms with Gasteiger partial charge in [0.15, 0.2) is 17.4 Å². The highest BCUT2D eigenvalue weighted by Gasteiger charge is 2.15. The number of ketones is 1. The van der Waals surface area contributed by atoms with Crippen LogP contribution in [0.4, 0.5) is 8.78 Å². The van der Waals surface area contributed by atoms with Gasteiger partial charge >= 0.3 is 0 Å². The van der Waals surface area contributed by atoms with Crippen molar-refractivity contribution in [2.75, 3.05) is 0 Å². The Bertz CT molecular complexity index is 623. The molecule has 0 amide bonds. The van der Waals surface area contributed by atoms with E-state index < -0.39 is 17.4 Å². The standard InChI is InChI=1S/C14H9ClF2O/c1-8-3-2-4-10(13(8)15)14(18)9-5-6-11(16)12(17)7-9/h2-7H,1H3. The number of aryl methyl sites for hydroxylation is 1. The van der Waals surface area contributed by atoms with Gasteiger partial charge in [-0.15, -0.1) is 0 Å². The lowest BCUT2D eigenvalue weighted by atomic mass is 10.0.